The lowest BCUT2D eigenvalue weighted by Crippen LogP contribution is -2.05. The number of hydrogen-bond acceptors (Lipinski definition) is 3. The number of hydrogen-bond donors (Lipinski definition) is 2. The minimum Gasteiger partial charge on any atom is -0.324 e. The first-order valence-corrected chi connectivity index (χ1v) is 5.60. The van der Waals surface area contributed by atoms with Crippen LogP contribution in [0.4, 0.5) is 10.1 Å². The van der Waals surface area contributed by atoms with Crippen molar-refractivity contribution in [1.29, 1.82) is 0 Å². The van der Waals surface area contributed by atoms with Gasteiger partial charge < -0.3 is 5.43 Å². The molecule has 4 heteroatoms. The maximum atomic E-state index is 12.7. The largest absolute Gasteiger partial charge is 0.324 e. The molecule has 0 aliphatic heterocycles. The molecule has 0 unspecified atom stereocenters. The topological polar surface area (TPSA) is 38.0 Å². The number of anilines is 1. The SMILES string of the molecule is NNc1ccc(Sc2ccc(F)cc2)cc1. The van der Waals surface area contributed by atoms with Gasteiger partial charge in [0.2, 0.25) is 0 Å². The molecule has 0 fully saturated rings. The molecule has 0 aliphatic carbocycles. The van der Waals surface area contributed by atoms with Crippen molar-refractivity contribution in [3.05, 3.63) is 54.3 Å². The van der Waals surface area contributed by atoms with Crippen LogP contribution in [0.2, 0.25) is 0 Å². The van der Waals surface area contributed by atoms with Gasteiger partial charge in [0.05, 0.1) is 0 Å². The summed E-state index contributed by atoms with van der Waals surface area (Å²) in [5.74, 6) is 5.05. The van der Waals surface area contributed by atoms with Crippen molar-refractivity contribution in [3.8, 4) is 0 Å². The highest BCUT2D eigenvalue weighted by Crippen LogP contribution is 2.28. The van der Waals surface area contributed by atoms with Crippen LogP contribution in [0.15, 0.2) is 58.3 Å². The first kappa shape index (κ1) is 11.0. The molecular weight excluding hydrogens is 223 g/mol. The summed E-state index contributed by atoms with van der Waals surface area (Å²) in [4.78, 5) is 2.10. The summed E-state index contributed by atoms with van der Waals surface area (Å²) in [6.07, 6.45) is 0. The molecule has 2 rings (SSSR count). The van der Waals surface area contributed by atoms with E-state index >= 15 is 0 Å². The number of benzene rings is 2. The van der Waals surface area contributed by atoms with E-state index in [9.17, 15) is 4.39 Å². The van der Waals surface area contributed by atoms with Gasteiger partial charge in [-0.1, -0.05) is 11.8 Å². The second-order valence-electron chi connectivity index (χ2n) is 3.22. The number of nitrogen functional groups attached to an aromatic ring is 1. The molecule has 0 atom stereocenters. The Morgan fingerprint density at radius 2 is 1.38 bits per heavy atom. The number of hydrazine groups is 1. The molecular formula is C12H11FN2S. The van der Waals surface area contributed by atoms with Gasteiger partial charge >= 0.3 is 0 Å². The summed E-state index contributed by atoms with van der Waals surface area (Å²) >= 11 is 1.58. The molecule has 16 heavy (non-hydrogen) atoms. The van der Waals surface area contributed by atoms with E-state index in [0.29, 0.717) is 0 Å². The minimum atomic E-state index is -0.216. The van der Waals surface area contributed by atoms with Crippen LogP contribution in [-0.2, 0) is 0 Å². The second-order valence-corrected chi connectivity index (χ2v) is 4.37. The molecule has 3 N–H and O–H groups in total. The van der Waals surface area contributed by atoms with Crippen molar-refractivity contribution in [2.24, 2.45) is 5.84 Å². The van der Waals surface area contributed by atoms with Crippen LogP contribution in [0.1, 0.15) is 0 Å². The van der Waals surface area contributed by atoms with Crippen molar-refractivity contribution in [1.82, 2.24) is 0 Å². The van der Waals surface area contributed by atoms with E-state index in [1.165, 1.54) is 12.1 Å². The highest BCUT2D eigenvalue weighted by atomic mass is 32.2. The van der Waals surface area contributed by atoms with Gasteiger partial charge in [-0.15, -0.1) is 0 Å². The molecule has 2 aromatic rings. The summed E-state index contributed by atoms with van der Waals surface area (Å²) in [5.41, 5.74) is 3.43. The molecule has 0 saturated carbocycles. The molecule has 0 bridgehead atoms. The monoisotopic (exact) mass is 234 g/mol. The molecule has 0 saturated heterocycles. The average molecular weight is 234 g/mol. The molecule has 2 aromatic carbocycles. The third-order valence-electron chi connectivity index (χ3n) is 2.07. The van der Waals surface area contributed by atoms with Crippen LogP contribution >= 0.6 is 11.8 Å². The molecule has 82 valence electrons. The van der Waals surface area contributed by atoms with E-state index < -0.39 is 0 Å². The normalized spacial score (nSPS) is 10.1. The standard InChI is InChI=1S/C12H11FN2S/c13-9-1-5-11(6-2-9)16-12-7-3-10(15-14)4-8-12/h1-8,15H,14H2. The lowest BCUT2D eigenvalue weighted by Gasteiger charge is -2.03. The third-order valence-corrected chi connectivity index (χ3v) is 3.09. The number of rotatable bonds is 3. The van der Waals surface area contributed by atoms with Gasteiger partial charge in [-0.05, 0) is 48.5 Å². The molecule has 0 amide bonds. The molecule has 2 nitrogen and oxygen atoms in total. The van der Waals surface area contributed by atoms with E-state index in [1.54, 1.807) is 23.9 Å². The van der Waals surface area contributed by atoms with Crippen molar-refractivity contribution in [2.75, 3.05) is 5.43 Å². The van der Waals surface area contributed by atoms with E-state index in [1.807, 2.05) is 24.3 Å². The van der Waals surface area contributed by atoms with Gasteiger partial charge in [0.15, 0.2) is 0 Å². The van der Waals surface area contributed by atoms with Gasteiger partial charge in [0.25, 0.3) is 0 Å². The van der Waals surface area contributed by atoms with Gasteiger partial charge in [0.1, 0.15) is 5.82 Å². The van der Waals surface area contributed by atoms with E-state index in [0.717, 1.165) is 15.5 Å². The Labute approximate surface area is 97.6 Å². The fourth-order valence-electron chi connectivity index (χ4n) is 1.26. The van der Waals surface area contributed by atoms with Crippen molar-refractivity contribution >= 4 is 17.4 Å². The van der Waals surface area contributed by atoms with Crippen LogP contribution in [0, 0.1) is 5.82 Å². The third kappa shape index (κ3) is 2.74. The molecule has 0 spiro atoms. The van der Waals surface area contributed by atoms with E-state index in [-0.39, 0.29) is 5.82 Å². The molecule has 0 radical (unpaired) electrons. The second kappa shape index (κ2) is 5.01. The molecule has 0 heterocycles. The van der Waals surface area contributed by atoms with Crippen LogP contribution in [-0.4, -0.2) is 0 Å². The summed E-state index contributed by atoms with van der Waals surface area (Å²) in [7, 11) is 0. The summed E-state index contributed by atoms with van der Waals surface area (Å²) in [5, 5.41) is 0. The Morgan fingerprint density at radius 3 is 1.88 bits per heavy atom. The zero-order chi connectivity index (χ0) is 11.4. The number of nitrogens with one attached hydrogen (secondary N) is 1. The van der Waals surface area contributed by atoms with Crippen LogP contribution in [0.25, 0.3) is 0 Å². The van der Waals surface area contributed by atoms with Crippen molar-refractivity contribution in [2.45, 2.75) is 9.79 Å². The van der Waals surface area contributed by atoms with Gasteiger partial charge in [0, 0.05) is 15.5 Å². The molecule has 0 aromatic heterocycles. The quantitative estimate of drug-likeness (QED) is 0.632. The van der Waals surface area contributed by atoms with Gasteiger partial charge in [-0.3, -0.25) is 5.84 Å². The van der Waals surface area contributed by atoms with Gasteiger partial charge in [-0.25, -0.2) is 4.39 Å². The van der Waals surface area contributed by atoms with E-state index in [4.69, 9.17) is 5.84 Å². The average Bonchev–Trinajstić information content (AvgIpc) is 2.33. The zero-order valence-electron chi connectivity index (χ0n) is 8.48. The lowest BCUT2D eigenvalue weighted by molar-refractivity contribution is 0.626. The van der Waals surface area contributed by atoms with Gasteiger partial charge in [-0.2, -0.15) is 0 Å². The van der Waals surface area contributed by atoms with Crippen LogP contribution in [0.5, 0.6) is 0 Å². The summed E-state index contributed by atoms with van der Waals surface area (Å²) in [6.45, 7) is 0. The highest BCUT2D eigenvalue weighted by molar-refractivity contribution is 7.99. The smallest absolute Gasteiger partial charge is 0.123 e. The van der Waals surface area contributed by atoms with Crippen molar-refractivity contribution in [3.63, 3.8) is 0 Å². The maximum Gasteiger partial charge on any atom is 0.123 e. The Kier molecular flexibility index (Phi) is 3.44. The number of nitrogens with two attached hydrogens (primary N) is 1. The Morgan fingerprint density at radius 1 is 0.875 bits per heavy atom. The fraction of sp³-hybridized carbons (Fsp3) is 0. The number of halogens is 1. The Hall–Kier alpha value is -1.52. The molecule has 0 aliphatic rings. The summed E-state index contributed by atoms with van der Waals surface area (Å²) < 4.78 is 12.7. The lowest BCUT2D eigenvalue weighted by atomic mass is 10.3. The van der Waals surface area contributed by atoms with Crippen LogP contribution < -0.4 is 11.3 Å². The predicted molar refractivity (Wildman–Crippen MR) is 64.8 cm³/mol. The zero-order valence-corrected chi connectivity index (χ0v) is 9.30. The Balaban J connectivity index is 2.11. The predicted octanol–water partition coefficient (Wildman–Crippen LogP) is 3.26. The summed E-state index contributed by atoms with van der Waals surface area (Å²) in [6, 6.07) is 14.1. The maximum absolute atomic E-state index is 12.7. The highest BCUT2D eigenvalue weighted by Gasteiger charge is 1.98. The fourth-order valence-corrected chi connectivity index (χ4v) is 2.07. The Bertz CT molecular complexity index is 453. The minimum absolute atomic E-state index is 0.216. The van der Waals surface area contributed by atoms with Crippen molar-refractivity contribution < 1.29 is 4.39 Å². The van der Waals surface area contributed by atoms with E-state index in [2.05, 4.69) is 5.43 Å². The van der Waals surface area contributed by atoms with Crippen LogP contribution in [0.3, 0.4) is 0 Å². The first-order valence-electron chi connectivity index (χ1n) is 4.78. The first-order chi connectivity index (χ1) is 7.78.